The highest BCUT2D eigenvalue weighted by Gasteiger charge is 2.42. The number of carbonyl (C=O) groups is 2. The fraction of sp³-hybridized carbons (Fsp3) is 0.175. The lowest BCUT2D eigenvalue weighted by Gasteiger charge is -2.37. The molecule has 7 rings (SSSR count). The summed E-state index contributed by atoms with van der Waals surface area (Å²) in [4.78, 5) is 26.9. The quantitative estimate of drug-likeness (QED) is 0.162. The molecule has 6 aromatic rings. The number of halogens is 4. The molecule has 1 unspecified atom stereocenters. The molecule has 2 amide bonds. The van der Waals surface area contributed by atoms with Crippen LogP contribution in [0.15, 0.2) is 127 Å². The summed E-state index contributed by atoms with van der Waals surface area (Å²) in [7, 11) is 0. The SMILES string of the molecule is O=C(Nc1nn(C(c2ccccc2)(c2ccccc2)c2ccccc2)c2ccc(-c3cc(Cl)ccc3C(F)(F)F)cc12)C1CCCN(C(=O)O)C1. The molecule has 0 bridgehead atoms. The maximum atomic E-state index is 14.3. The molecule has 0 radical (unpaired) electrons. The van der Waals surface area contributed by atoms with E-state index >= 15 is 0 Å². The number of amides is 2. The first-order valence-corrected chi connectivity index (χ1v) is 16.8. The maximum Gasteiger partial charge on any atom is 0.417 e. The fourth-order valence-corrected chi connectivity index (χ4v) is 7.30. The number of anilines is 1. The minimum atomic E-state index is -4.66. The van der Waals surface area contributed by atoms with Gasteiger partial charge in [0.25, 0.3) is 0 Å². The van der Waals surface area contributed by atoms with Crippen molar-refractivity contribution in [1.82, 2.24) is 14.7 Å². The number of carboxylic acid groups (broad SMARTS) is 1. The molecule has 0 saturated carbocycles. The van der Waals surface area contributed by atoms with Gasteiger partial charge in [0.2, 0.25) is 5.91 Å². The van der Waals surface area contributed by atoms with Crippen molar-refractivity contribution in [2.75, 3.05) is 18.4 Å². The highest BCUT2D eigenvalue weighted by Crippen LogP contribution is 2.45. The van der Waals surface area contributed by atoms with Crippen LogP contribution in [0.3, 0.4) is 0 Å². The number of piperidine rings is 1. The van der Waals surface area contributed by atoms with Crippen molar-refractivity contribution in [3.63, 3.8) is 0 Å². The van der Waals surface area contributed by atoms with Crippen molar-refractivity contribution < 1.29 is 27.9 Å². The zero-order valence-electron chi connectivity index (χ0n) is 27.1. The summed E-state index contributed by atoms with van der Waals surface area (Å²) in [6.45, 7) is 0.347. The average Bonchev–Trinajstić information content (AvgIpc) is 3.50. The number of rotatable bonds is 7. The van der Waals surface area contributed by atoms with Crippen LogP contribution in [0.5, 0.6) is 0 Å². The average molecular weight is 709 g/mol. The molecular formula is C40H32ClF3N4O3. The summed E-state index contributed by atoms with van der Waals surface area (Å²) in [5.41, 5.74) is 1.25. The second-order valence-corrected chi connectivity index (χ2v) is 13.0. The normalized spacial score (nSPS) is 15.1. The van der Waals surface area contributed by atoms with Gasteiger partial charge in [-0.05, 0) is 71.0 Å². The topological polar surface area (TPSA) is 87.5 Å². The Morgan fingerprint density at radius 3 is 1.94 bits per heavy atom. The van der Waals surface area contributed by atoms with Crippen molar-refractivity contribution in [2.24, 2.45) is 5.92 Å². The minimum absolute atomic E-state index is 0.0184. The van der Waals surface area contributed by atoms with Crippen LogP contribution in [0.2, 0.25) is 5.02 Å². The summed E-state index contributed by atoms with van der Waals surface area (Å²) >= 11 is 6.24. The number of carbonyl (C=O) groups excluding carboxylic acids is 1. The highest BCUT2D eigenvalue weighted by atomic mass is 35.5. The number of aromatic nitrogens is 2. The minimum Gasteiger partial charge on any atom is -0.465 e. The van der Waals surface area contributed by atoms with E-state index in [2.05, 4.69) is 5.32 Å². The van der Waals surface area contributed by atoms with Crippen LogP contribution in [-0.4, -0.2) is 44.9 Å². The molecule has 5 aromatic carbocycles. The number of nitrogens with zero attached hydrogens (tertiary/aromatic N) is 3. The largest absolute Gasteiger partial charge is 0.465 e. The van der Waals surface area contributed by atoms with Gasteiger partial charge in [-0.3, -0.25) is 4.79 Å². The lowest BCUT2D eigenvalue weighted by atomic mass is 9.77. The van der Waals surface area contributed by atoms with Gasteiger partial charge in [0.1, 0.15) is 5.54 Å². The Morgan fingerprint density at radius 2 is 1.39 bits per heavy atom. The fourth-order valence-electron chi connectivity index (χ4n) is 7.12. The molecule has 0 aliphatic carbocycles. The zero-order valence-corrected chi connectivity index (χ0v) is 27.9. The number of alkyl halides is 3. The molecule has 1 aromatic heterocycles. The number of fused-ring (bicyclic) bond motifs is 1. The standard InChI is InChI=1S/C40H32ClF3N4O3/c41-31-19-20-34(40(42,43)44)32(24-31)26-18-21-35-33(23-26)36(45-37(49)27-11-10-22-47(25-27)38(50)51)46-48(35)39(28-12-4-1-5-13-28,29-14-6-2-7-15-29)30-16-8-3-9-17-30/h1-9,12-21,23-24,27H,10-11,22,25H2,(H,50,51)(H,45,46,49). The van der Waals surface area contributed by atoms with E-state index in [1.165, 1.54) is 17.0 Å². The number of hydrogen-bond donors (Lipinski definition) is 2. The molecule has 7 nitrogen and oxygen atoms in total. The summed E-state index contributed by atoms with van der Waals surface area (Å²) in [6.07, 6.45) is -4.78. The third kappa shape index (κ3) is 6.31. The van der Waals surface area contributed by atoms with Crippen LogP contribution in [0, 0.1) is 5.92 Å². The molecule has 0 spiro atoms. The van der Waals surface area contributed by atoms with E-state index < -0.39 is 35.2 Å². The van der Waals surface area contributed by atoms with Crippen molar-refractivity contribution >= 4 is 40.3 Å². The van der Waals surface area contributed by atoms with Gasteiger partial charge in [0.05, 0.1) is 17.0 Å². The van der Waals surface area contributed by atoms with Crippen LogP contribution >= 0.6 is 11.6 Å². The van der Waals surface area contributed by atoms with Crippen molar-refractivity contribution in [2.45, 2.75) is 24.6 Å². The van der Waals surface area contributed by atoms with E-state index in [1.807, 2.05) is 95.7 Å². The first-order valence-electron chi connectivity index (χ1n) is 16.4. The monoisotopic (exact) mass is 708 g/mol. The van der Waals surface area contributed by atoms with Gasteiger partial charge in [0.15, 0.2) is 5.82 Å². The summed E-state index contributed by atoms with van der Waals surface area (Å²) in [5, 5.41) is 18.2. The van der Waals surface area contributed by atoms with Crippen LogP contribution < -0.4 is 5.32 Å². The molecule has 2 N–H and O–H groups in total. The van der Waals surface area contributed by atoms with Crippen molar-refractivity contribution in [3.8, 4) is 11.1 Å². The van der Waals surface area contributed by atoms with Gasteiger partial charge in [-0.1, -0.05) is 109 Å². The van der Waals surface area contributed by atoms with E-state index in [9.17, 15) is 27.9 Å². The Bertz CT molecular complexity index is 2110. The molecule has 1 saturated heterocycles. The van der Waals surface area contributed by atoms with Gasteiger partial charge >= 0.3 is 12.3 Å². The van der Waals surface area contributed by atoms with E-state index in [0.717, 1.165) is 22.8 Å². The Hall–Kier alpha value is -5.61. The zero-order chi connectivity index (χ0) is 35.8. The lowest BCUT2D eigenvalue weighted by Crippen LogP contribution is -2.43. The maximum absolute atomic E-state index is 14.3. The Morgan fingerprint density at radius 1 is 0.804 bits per heavy atom. The Labute approximate surface area is 296 Å². The van der Waals surface area contributed by atoms with Crippen LogP contribution in [-0.2, 0) is 16.5 Å². The number of hydrogen-bond acceptors (Lipinski definition) is 3. The van der Waals surface area contributed by atoms with Gasteiger partial charge in [-0.2, -0.15) is 18.3 Å². The third-order valence-electron chi connectivity index (χ3n) is 9.47. The van der Waals surface area contributed by atoms with Crippen LogP contribution in [0.4, 0.5) is 23.8 Å². The van der Waals surface area contributed by atoms with Gasteiger partial charge < -0.3 is 15.3 Å². The molecule has 51 heavy (non-hydrogen) atoms. The van der Waals surface area contributed by atoms with E-state index in [1.54, 1.807) is 18.2 Å². The van der Waals surface area contributed by atoms with Crippen LogP contribution in [0.25, 0.3) is 22.0 Å². The van der Waals surface area contributed by atoms with Crippen molar-refractivity contribution in [1.29, 1.82) is 0 Å². The summed E-state index contributed by atoms with van der Waals surface area (Å²) in [5.74, 6) is -0.946. The molecule has 1 aliphatic heterocycles. The smallest absolute Gasteiger partial charge is 0.417 e. The molecule has 1 fully saturated rings. The van der Waals surface area contributed by atoms with Gasteiger partial charge in [-0.25, -0.2) is 9.48 Å². The first-order chi connectivity index (χ1) is 24.6. The Balaban J connectivity index is 1.50. The predicted molar refractivity (Wildman–Crippen MR) is 191 cm³/mol. The van der Waals surface area contributed by atoms with E-state index in [4.69, 9.17) is 16.7 Å². The Kier molecular flexibility index (Phi) is 9.03. The molecule has 11 heteroatoms. The number of benzene rings is 5. The highest BCUT2D eigenvalue weighted by molar-refractivity contribution is 6.31. The first kappa shape index (κ1) is 33.9. The molecular weight excluding hydrogens is 677 g/mol. The van der Waals surface area contributed by atoms with Crippen LogP contribution in [0.1, 0.15) is 35.1 Å². The molecule has 1 atom stereocenters. The number of nitrogens with one attached hydrogen (secondary N) is 1. The second-order valence-electron chi connectivity index (χ2n) is 12.5. The molecule has 258 valence electrons. The molecule has 1 aliphatic rings. The third-order valence-corrected chi connectivity index (χ3v) is 9.71. The summed E-state index contributed by atoms with van der Waals surface area (Å²) in [6, 6.07) is 37.6. The van der Waals surface area contributed by atoms with E-state index in [0.29, 0.717) is 30.3 Å². The van der Waals surface area contributed by atoms with E-state index in [-0.39, 0.29) is 28.5 Å². The number of likely N-dealkylation sites (tertiary alicyclic amines) is 1. The predicted octanol–water partition coefficient (Wildman–Crippen LogP) is 9.54. The van der Waals surface area contributed by atoms with Gasteiger partial charge in [0, 0.05) is 23.5 Å². The lowest BCUT2D eigenvalue weighted by molar-refractivity contribution is -0.137. The molecule has 2 heterocycles. The summed E-state index contributed by atoms with van der Waals surface area (Å²) < 4.78 is 44.7. The second kappa shape index (κ2) is 13.6. The van der Waals surface area contributed by atoms with Gasteiger partial charge in [-0.15, -0.1) is 0 Å². The van der Waals surface area contributed by atoms with Crippen molar-refractivity contribution in [3.05, 3.63) is 155 Å².